The minimum absolute atomic E-state index is 0.00598. The predicted octanol–water partition coefficient (Wildman–Crippen LogP) is 3.04. The molecule has 3 heterocycles. The Labute approximate surface area is 202 Å². The maximum Gasteiger partial charge on any atom is 0.408 e. The van der Waals surface area contributed by atoms with Gasteiger partial charge in [0.1, 0.15) is 11.6 Å². The lowest BCUT2D eigenvalue weighted by molar-refractivity contribution is -0.177. The average Bonchev–Trinajstić information content (AvgIpc) is 3.28. The van der Waals surface area contributed by atoms with Crippen LogP contribution in [0.25, 0.3) is 16.9 Å². The molecule has 1 aliphatic rings. The topological polar surface area (TPSA) is 126 Å². The molecular formula is C22H22ClF3N6O3. The monoisotopic (exact) mass is 510 g/mol. The maximum absolute atomic E-state index is 13.5. The molecule has 0 radical (unpaired) electrons. The third kappa shape index (κ3) is 4.39. The zero-order valence-electron chi connectivity index (χ0n) is 18.7. The van der Waals surface area contributed by atoms with Crippen molar-refractivity contribution in [3.05, 3.63) is 46.1 Å². The van der Waals surface area contributed by atoms with Crippen molar-refractivity contribution in [2.45, 2.75) is 45.1 Å². The first-order valence-corrected chi connectivity index (χ1v) is 11.1. The van der Waals surface area contributed by atoms with E-state index in [0.29, 0.717) is 16.8 Å². The number of anilines is 1. The molecule has 2 aromatic heterocycles. The van der Waals surface area contributed by atoms with Crippen LogP contribution in [0.1, 0.15) is 46.5 Å². The van der Waals surface area contributed by atoms with E-state index in [-0.39, 0.29) is 47.2 Å². The summed E-state index contributed by atoms with van der Waals surface area (Å²) in [4.78, 5) is 30.7. The number of nitrogens with two attached hydrogens (primary N) is 1. The minimum atomic E-state index is -4.57. The number of carbonyl (C=O) groups is 2. The number of hydrogen-bond donors (Lipinski definition) is 3. The Kier molecular flexibility index (Phi) is 6.36. The van der Waals surface area contributed by atoms with Gasteiger partial charge in [0, 0.05) is 24.3 Å². The average molecular weight is 511 g/mol. The van der Waals surface area contributed by atoms with Crippen LogP contribution in [0.5, 0.6) is 0 Å². The number of nitrogen functional groups attached to an aromatic ring is 1. The number of nitrogens with one attached hydrogen (secondary N) is 1. The summed E-state index contributed by atoms with van der Waals surface area (Å²) in [6.07, 6.45) is -3.33. The zero-order chi connectivity index (χ0) is 25.7. The number of aromatic nitrogens is 3. The summed E-state index contributed by atoms with van der Waals surface area (Å²) < 4.78 is 41.7. The fourth-order valence-corrected chi connectivity index (χ4v) is 4.44. The summed E-state index contributed by atoms with van der Waals surface area (Å²) in [6, 6.07) is 2.14. The van der Waals surface area contributed by atoms with Crippen molar-refractivity contribution in [1.82, 2.24) is 24.8 Å². The zero-order valence-corrected chi connectivity index (χ0v) is 19.5. The summed E-state index contributed by atoms with van der Waals surface area (Å²) in [7, 11) is 0. The second kappa shape index (κ2) is 9.00. The summed E-state index contributed by atoms with van der Waals surface area (Å²) in [5, 5.41) is 15.9. The van der Waals surface area contributed by atoms with Crippen LogP contribution in [0.2, 0.25) is 5.02 Å². The molecule has 186 valence electrons. The highest BCUT2D eigenvalue weighted by Gasteiger charge is 2.47. The smallest absolute Gasteiger partial charge is 0.394 e. The number of fused-ring (bicyclic) bond motifs is 2. The van der Waals surface area contributed by atoms with Crippen molar-refractivity contribution in [1.29, 1.82) is 0 Å². The van der Waals surface area contributed by atoms with Crippen LogP contribution in [-0.4, -0.2) is 61.3 Å². The van der Waals surface area contributed by atoms with Crippen molar-refractivity contribution in [3.63, 3.8) is 0 Å². The van der Waals surface area contributed by atoms with Crippen LogP contribution >= 0.6 is 11.6 Å². The number of halogens is 4. The Bertz CT molecular complexity index is 1330. The quantitative estimate of drug-likeness (QED) is 0.468. The van der Waals surface area contributed by atoms with E-state index >= 15 is 0 Å². The van der Waals surface area contributed by atoms with E-state index in [9.17, 15) is 27.9 Å². The van der Waals surface area contributed by atoms with Crippen LogP contribution in [0.15, 0.2) is 24.4 Å². The normalized spacial score (nSPS) is 15.4. The van der Waals surface area contributed by atoms with Crippen LogP contribution in [0, 0.1) is 0 Å². The number of nitrogens with zero attached hydrogens (tertiary/aromatic N) is 4. The van der Waals surface area contributed by atoms with Crippen LogP contribution < -0.4 is 11.1 Å². The molecule has 3 aromatic rings. The van der Waals surface area contributed by atoms with Gasteiger partial charge in [0.25, 0.3) is 11.8 Å². The molecule has 2 atom stereocenters. The van der Waals surface area contributed by atoms with Gasteiger partial charge in [-0.2, -0.15) is 13.2 Å². The van der Waals surface area contributed by atoms with Crippen molar-refractivity contribution in [2.24, 2.45) is 0 Å². The van der Waals surface area contributed by atoms with Gasteiger partial charge in [-0.1, -0.05) is 18.5 Å². The molecule has 0 spiro atoms. The Balaban J connectivity index is 1.74. The van der Waals surface area contributed by atoms with E-state index < -0.39 is 30.1 Å². The third-order valence-electron chi connectivity index (χ3n) is 5.81. The van der Waals surface area contributed by atoms with Gasteiger partial charge >= 0.3 is 6.18 Å². The molecule has 9 nitrogen and oxygen atoms in total. The first-order chi connectivity index (χ1) is 16.5. The summed E-state index contributed by atoms with van der Waals surface area (Å²) >= 11 is 6.34. The maximum atomic E-state index is 13.5. The molecule has 4 N–H and O–H groups in total. The lowest BCUT2D eigenvalue weighted by atomic mass is 10.0. The van der Waals surface area contributed by atoms with Crippen LogP contribution in [-0.2, 0) is 6.54 Å². The number of alkyl halides is 3. The van der Waals surface area contributed by atoms with E-state index in [1.807, 2.05) is 0 Å². The number of aliphatic hydroxyl groups is 1. The molecule has 0 saturated heterocycles. The molecule has 0 aliphatic carbocycles. The largest absolute Gasteiger partial charge is 0.408 e. The highest BCUT2D eigenvalue weighted by molar-refractivity contribution is 6.34. The molecule has 4 rings (SSSR count). The van der Waals surface area contributed by atoms with Gasteiger partial charge < -0.3 is 21.1 Å². The SMILES string of the molecule is CCC(N1Cc2cc(-c3ccn4nc(N)c(C(=O)NC(C)CO)c4n3)cc(Cl)c2C1=O)C(F)(F)F. The lowest BCUT2D eigenvalue weighted by Crippen LogP contribution is -2.45. The third-order valence-corrected chi connectivity index (χ3v) is 6.11. The fraction of sp³-hybridized carbons (Fsp3) is 0.364. The Morgan fingerprint density at radius 2 is 2.09 bits per heavy atom. The standard InChI is InChI=1S/C22H22ClF3N6O3/c1-3-15(22(24,25)26)31-8-12-6-11(7-13(23)16(12)21(31)35)14-4-5-32-19(29-14)17(18(27)30-32)20(34)28-10(2)9-33/h4-7,10,15,33H,3,8-9H2,1-2H3,(H2,27,30)(H,28,34). The molecule has 2 unspecified atom stereocenters. The van der Waals surface area contributed by atoms with Gasteiger partial charge in [-0.25, -0.2) is 9.50 Å². The van der Waals surface area contributed by atoms with E-state index in [2.05, 4.69) is 15.4 Å². The van der Waals surface area contributed by atoms with E-state index in [4.69, 9.17) is 17.3 Å². The van der Waals surface area contributed by atoms with Gasteiger partial charge in [-0.3, -0.25) is 9.59 Å². The van der Waals surface area contributed by atoms with E-state index in [1.54, 1.807) is 19.1 Å². The minimum Gasteiger partial charge on any atom is -0.394 e. The van der Waals surface area contributed by atoms with E-state index in [0.717, 1.165) is 4.90 Å². The molecule has 0 bridgehead atoms. The number of aliphatic hydroxyl groups excluding tert-OH is 1. The van der Waals surface area contributed by atoms with Gasteiger partial charge in [-0.15, -0.1) is 5.10 Å². The predicted molar refractivity (Wildman–Crippen MR) is 122 cm³/mol. The van der Waals surface area contributed by atoms with Gasteiger partial charge in [-0.05, 0) is 37.1 Å². The Morgan fingerprint density at radius 1 is 1.37 bits per heavy atom. The Hall–Kier alpha value is -3.38. The molecule has 1 aromatic carbocycles. The first-order valence-electron chi connectivity index (χ1n) is 10.7. The van der Waals surface area contributed by atoms with Gasteiger partial charge in [0.15, 0.2) is 11.5 Å². The van der Waals surface area contributed by atoms with Crippen molar-refractivity contribution >= 4 is 34.9 Å². The second-order valence-electron chi connectivity index (χ2n) is 8.29. The number of amides is 2. The molecule has 35 heavy (non-hydrogen) atoms. The van der Waals surface area contributed by atoms with Crippen LogP contribution in [0.4, 0.5) is 19.0 Å². The van der Waals surface area contributed by atoms with Gasteiger partial charge in [0.2, 0.25) is 0 Å². The van der Waals surface area contributed by atoms with Crippen molar-refractivity contribution in [2.75, 3.05) is 12.3 Å². The molecule has 13 heteroatoms. The number of carbonyl (C=O) groups excluding carboxylic acids is 2. The summed E-state index contributed by atoms with van der Waals surface area (Å²) in [6.45, 7) is 2.46. The first kappa shape index (κ1) is 24.7. The molecular weight excluding hydrogens is 489 g/mol. The lowest BCUT2D eigenvalue weighted by Gasteiger charge is -2.28. The summed E-state index contributed by atoms with van der Waals surface area (Å²) in [5.74, 6) is -1.41. The molecule has 1 aliphatic heterocycles. The van der Waals surface area contributed by atoms with Crippen molar-refractivity contribution < 1.29 is 27.9 Å². The molecule has 0 fully saturated rings. The molecule has 0 saturated carbocycles. The number of benzene rings is 1. The van der Waals surface area contributed by atoms with Crippen molar-refractivity contribution in [3.8, 4) is 11.3 Å². The Morgan fingerprint density at radius 3 is 2.71 bits per heavy atom. The second-order valence-corrected chi connectivity index (χ2v) is 8.70. The fourth-order valence-electron chi connectivity index (χ4n) is 4.12. The summed E-state index contributed by atoms with van der Waals surface area (Å²) in [5.41, 5.74) is 7.24. The van der Waals surface area contributed by atoms with Crippen LogP contribution in [0.3, 0.4) is 0 Å². The van der Waals surface area contributed by atoms with Gasteiger partial charge in [0.05, 0.1) is 22.9 Å². The highest BCUT2D eigenvalue weighted by atomic mass is 35.5. The number of hydrogen-bond acceptors (Lipinski definition) is 6. The highest BCUT2D eigenvalue weighted by Crippen LogP contribution is 2.38. The van der Waals surface area contributed by atoms with E-state index in [1.165, 1.54) is 23.7 Å². The molecule has 2 amide bonds. The number of rotatable bonds is 6.